The largest absolute Gasteiger partial charge is 0.478 e. The van der Waals surface area contributed by atoms with Crippen LogP contribution in [0.5, 0.6) is 0 Å². The number of carboxylic acid groups (broad SMARTS) is 1. The Hall–Kier alpha value is -1.85. The molecule has 1 atom stereocenters. The molecular formula is C14H13NO3S. The van der Waals surface area contributed by atoms with Gasteiger partial charge in [-0.2, -0.15) is 0 Å². The SMILES string of the molecule is O=C(O)c1ccsc1C(O)c1cccc2c1NCC2. The summed E-state index contributed by atoms with van der Waals surface area (Å²) in [5.74, 6) is -1.00. The highest BCUT2D eigenvalue weighted by molar-refractivity contribution is 7.10. The van der Waals surface area contributed by atoms with Gasteiger partial charge in [0.05, 0.1) is 10.4 Å². The minimum absolute atomic E-state index is 0.174. The van der Waals surface area contributed by atoms with E-state index in [-0.39, 0.29) is 5.56 Å². The number of aliphatic hydroxyl groups is 1. The van der Waals surface area contributed by atoms with Crippen molar-refractivity contribution < 1.29 is 15.0 Å². The van der Waals surface area contributed by atoms with Crippen molar-refractivity contribution in [2.45, 2.75) is 12.5 Å². The van der Waals surface area contributed by atoms with Gasteiger partial charge in [-0.15, -0.1) is 11.3 Å². The number of aliphatic hydroxyl groups excluding tert-OH is 1. The van der Waals surface area contributed by atoms with Gasteiger partial charge in [0, 0.05) is 17.8 Å². The van der Waals surface area contributed by atoms with E-state index in [0.29, 0.717) is 4.88 Å². The fourth-order valence-corrected chi connectivity index (χ4v) is 3.33. The third kappa shape index (κ3) is 2.01. The number of hydrogen-bond acceptors (Lipinski definition) is 4. The van der Waals surface area contributed by atoms with Gasteiger partial charge in [-0.05, 0) is 23.4 Å². The molecule has 0 fully saturated rings. The zero-order chi connectivity index (χ0) is 13.4. The molecule has 2 heterocycles. The van der Waals surface area contributed by atoms with E-state index in [2.05, 4.69) is 5.32 Å². The Kier molecular flexibility index (Phi) is 3.00. The monoisotopic (exact) mass is 275 g/mol. The van der Waals surface area contributed by atoms with Crippen molar-refractivity contribution in [2.75, 3.05) is 11.9 Å². The number of anilines is 1. The van der Waals surface area contributed by atoms with Crippen LogP contribution in [0, 0.1) is 0 Å². The summed E-state index contributed by atoms with van der Waals surface area (Å²) in [6.45, 7) is 0.856. The summed E-state index contributed by atoms with van der Waals surface area (Å²) in [5, 5.41) is 24.6. The van der Waals surface area contributed by atoms with E-state index in [1.54, 1.807) is 5.38 Å². The molecule has 1 aromatic carbocycles. The molecule has 2 aromatic rings. The van der Waals surface area contributed by atoms with Gasteiger partial charge in [-0.3, -0.25) is 0 Å². The number of thiophene rings is 1. The van der Waals surface area contributed by atoms with E-state index in [9.17, 15) is 9.90 Å². The Morgan fingerprint density at radius 2 is 2.21 bits per heavy atom. The number of benzene rings is 1. The molecule has 1 aliphatic heterocycles. The first kappa shape index (κ1) is 12.2. The van der Waals surface area contributed by atoms with Crippen LogP contribution in [0.2, 0.25) is 0 Å². The lowest BCUT2D eigenvalue weighted by Gasteiger charge is -2.15. The molecule has 1 unspecified atom stereocenters. The normalized spacial score (nSPS) is 14.8. The van der Waals surface area contributed by atoms with Crippen LogP contribution in [0.3, 0.4) is 0 Å². The van der Waals surface area contributed by atoms with Crippen LogP contribution in [0.25, 0.3) is 0 Å². The van der Waals surface area contributed by atoms with Crippen molar-refractivity contribution in [3.63, 3.8) is 0 Å². The molecule has 3 rings (SSSR count). The van der Waals surface area contributed by atoms with Crippen molar-refractivity contribution in [3.8, 4) is 0 Å². The molecule has 0 aliphatic carbocycles. The van der Waals surface area contributed by atoms with Crippen molar-refractivity contribution in [3.05, 3.63) is 51.2 Å². The van der Waals surface area contributed by atoms with Gasteiger partial charge in [0.15, 0.2) is 0 Å². The molecule has 0 amide bonds. The number of hydrogen-bond donors (Lipinski definition) is 3. The summed E-state index contributed by atoms with van der Waals surface area (Å²) in [6, 6.07) is 7.30. The Labute approximate surface area is 114 Å². The van der Waals surface area contributed by atoms with Gasteiger partial charge >= 0.3 is 5.97 Å². The number of fused-ring (bicyclic) bond motifs is 1. The molecule has 19 heavy (non-hydrogen) atoms. The molecule has 1 aliphatic rings. The van der Waals surface area contributed by atoms with Gasteiger partial charge in [0.1, 0.15) is 6.10 Å². The number of para-hydroxylation sites is 1. The summed E-state index contributed by atoms with van der Waals surface area (Å²) < 4.78 is 0. The number of aromatic carboxylic acids is 1. The Bertz CT molecular complexity index is 635. The van der Waals surface area contributed by atoms with Crippen LogP contribution in [0.1, 0.15) is 32.5 Å². The topological polar surface area (TPSA) is 69.6 Å². The van der Waals surface area contributed by atoms with E-state index < -0.39 is 12.1 Å². The zero-order valence-electron chi connectivity index (χ0n) is 10.1. The molecule has 98 valence electrons. The van der Waals surface area contributed by atoms with E-state index in [1.165, 1.54) is 23.0 Å². The second-order valence-corrected chi connectivity index (χ2v) is 5.41. The maximum absolute atomic E-state index is 11.1. The minimum atomic E-state index is -1.00. The Balaban J connectivity index is 2.05. The van der Waals surface area contributed by atoms with Gasteiger partial charge in [0.2, 0.25) is 0 Å². The second-order valence-electron chi connectivity index (χ2n) is 4.46. The first-order valence-electron chi connectivity index (χ1n) is 6.03. The van der Waals surface area contributed by atoms with Gasteiger partial charge < -0.3 is 15.5 Å². The number of rotatable bonds is 3. The highest BCUT2D eigenvalue weighted by Crippen LogP contribution is 2.36. The van der Waals surface area contributed by atoms with Crippen LogP contribution in [-0.2, 0) is 6.42 Å². The average molecular weight is 275 g/mol. The number of carboxylic acids is 1. The lowest BCUT2D eigenvalue weighted by atomic mass is 10.0. The maximum atomic E-state index is 11.1. The summed E-state index contributed by atoms with van der Waals surface area (Å²) >= 11 is 1.27. The van der Waals surface area contributed by atoms with Crippen LogP contribution < -0.4 is 5.32 Å². The van der Waals surface area contributed by atoms with Gasteiger partial charge in [0.25, 0.3) is 0 Å². The first-order chi connectivity index (χ1) is 9.18. The quantitative estimate of drug-likeness (QED) is 0.805. The minimum Gasteiger partial charge on any atom is -0.478 e. The molecule has 0 saturated heterocycles. The zero-order valence-corrected chi connectivity index (χ0v) is 10.9. The van der Waals surface area contributed by atoms with Crippen molar-refractivity contribution in [1.29, 1.82) is 0 Å². The van der Waals surface area contributed by atoms with Gasteiger partial charge in [-0.25, -0.2) is 4.79 Å². The van der Waals surface area contributed by atoms with Crippen molar-refractivity contribution >= 4 is 23.0 Å². The standard InChI is InChI=1S/C14H13NO3S/c16-12(13-10(14(17)18)5-7-19-13)9-3-1-2-8-4-6-15-11(8)9/h1-3,5,7,12,15-16H,4,6H2,(H,17,18). The van der Waals surface area contributed by atoms with Gasteiger partial charge in [-0.1, -0.05) is 18.2 Å². The van der Waals surface area contributed by atoms with E-state index in [4.69, 9.17) is 5.11 Å². The smallest absolute Gasteiger partial charge is 0.336 e. The molecule has 0 saturated carbocycles. The van der Waals surface area contributed by atoms with Crippen LogP contribution in [0.15, 0.2) is 29.6 Å². The lowest BCUT2D eigenvalue weighted by molar-refractivity contribution is 0.0692. The third-order valence-electron chi connectivity index (χ3n) is 3.35. The van der Waals surface area contributed by atoms with Crippen molar-refractivity contribution in [1.82, 2.24) is 0 Å². The van der Waals surface area contributed by atoms with E-state index in [0.717, 1.165) is 24.2 Å². The van der Waals surface area contributed by atoms with Crippen LogP contribution in [-0.4, -0.2) is 22.7 Å². The summed E-state index contributed by atoms with van der Waals surface area (Å²) in [4.78, 5) is 11.6. The predicted octanol–water partition coefficient (Wildman–Crippen LogP) is 2.50. The van der Waals surface area contributed by atoms with Crippen molar-refractivity contribution in [2.24, 2.45) is 0 Å². The highest BCUT2D eigenvalue weighted by Gasteiger charge is 2.24. The predicted molar refractivity (Wildman–Crippen MR) is 74.0 cm³/mol. The summed E-state index contributed by atoms with van der Waals surface area (Å²) in [6.07, 6.45) is 0.0400. The molecule has 5 heteroatoms. The van der Waals surface area contributed by atoms with E-state index in [1.807, 2.05) is 18.2 Å². The molecule has 0 radical (unpaired) electrons. The lowest BCUT2D eigenvalue weighted by Crippen LogP contribution is -2.07. The summed E-state index contributed by atoms with van der Waals surface area (Å²) in [5.41, 5.74) is 3.04. The van der Waals surface area contributed by atoms with Crippen LogP contribution >= 0.6 is 11.3 Å². The molecule has 3 N–H and O–H groups in total. The number of carbonyl (C=O) groups is 1. The number of nitrogens with one attached hydrogen (secondary N) is 1. The fraction of sp³-hybridized carbons (Fsp3) is 0.214. The fourth-order valence-electron chi connectivity index (χ4n) is 2.44. The highest BCUT2D eigenvalue weighted by atomic mass is 32.1. The molecular weight excluding hydrogens is 262 g/mol. The summed E-state index contributed by atoms with van der Waals surface area (Å²) in [7, 11) is 0. The third-order valence-corrected chi connectivity index (χ3v) is 4.32. The maximum Gasteiger partial charge on any atom is 0.336 e. The molecule has 4 nitrogen and oxygen atoms in total. The Morgan fingerprint density at radius 3 is 3.00 bits per heavy atom. The molecule has 0 spiro atoms. The Morgan fingerprint density at radius 1 is 1.37 bits per heavy atom. The van der Waals surface area contributed by atoms with Crippen LogP contribution in [0.4, 0.5) is 5.69 Å². The van der Waals surface area contributed by atoms with E-state index >= 15 is 0 Å². The molecule has 1 aromatic heterocycles. The first-order valence-corrected chi connectivity index (χ1v) is 6.91. The second kappa shape index (κ2) is 4.68. The molecule has 0 bridgehead atoms. The average Bonchev–Trinajstić information content (AvgIpc) is 3.05.